The molecule has 0 atom stereocenters. The van der Waals surface area contributed by atoms with E-state index in [1.165, 1.54) is 10.6 Å². The van der Waals surface area contributed by atoms with E-state index in [2.05, 4.69) is 55.1 Å². The normalized spacial score (nSPS) is 10.0. The smallest absolute Gasteiger partial charge is 0.0717 e. The monoisotopic (exact) mass is 267 g/mol. The Bertz CT molecular complexity index is 459. The van der Waals surface area contributed by atoms with Gasteiger partial charge in [-0.15, -0.1) is 0 Å². The van der Waals surface area contributed by atoms with E-state index in [0.29, 0.717) is 6.61 Å². The quantitative estimate of drug-likeness (QED) is 0.598. The van der Waals surface area contributed by atoms with Crippen molar-refractivity contribution in [2.45, 2.75) is 0 Å². The lowest BCUT2D eigenvalue weighted by Crippen LogP contribution is -2.14. The molecule has 0 aliphatic rings. The van der Waals surface area contributed by atoms with Gasteiger partial charge in [0, 0.05) is 15.5 Å². The fourth-order valence-corrected chi connectivity index (χ4v) is 4.13. The Hall–Kier alpha value is -1.37. The van der Waals surface area contributed by atoms with Gasteiger partial charge in [0.15, 0.2) is 0 Å². The zero-order valence-electron chi connectivity index (χ0n) is 11.1. The van der Waals surface area contributed by atoms with Crippen LogP contribution in [0.5, 0.6) is 0 Å². The van der Waals surface area contributed by atoms with Gasteiger partial charge in [-0.1, -0.05) is 67.2 Å². The van der Waals surface area contributed by atoms with Crippen molar-refractivity contribution in [3.05, 3.63) is 72.6 Å². The zero-order chi connectivity index (χ0) is 12.8. The third kappa shape index (κ3) is 4.06. The van der Waals surface area contributed by atoms with Crippen LogP contribution in [0.1, 0.15) is 0 Å². The maximum Gasteiger partial charge on any atom is 0.0717 e. The Morgan fingerprint density at radius 1 is 0.947 bits per heavy atom. The number of hydrogen-bond donors (Lipinski definition) is 0. The number of rotatable bonds is 5. The van der Waals surface area contributed by atoms with Crippen LogP contribution in [-0.4, -0.2) is 22.1 Å². The van der Waals surface area contributed by atoms with Gasteiger partial charge >= 0.3 is 0 Å². The SMILES string of the molecule is C=C(COC)P(c1ccccc1)c1ccccc1.[B]. The van der Waals surface area contributed by atoms with Gasteiger partial charge in [-0.05, 0) is 23.8 Å². The summed E-state index contributed by atoms with van der Waals surface area (Å²) >= 11 is 0. The highest BCUT2D eigenvalue weighted by atomic mass is 31.1. The Balaban J connectivity index is 0.00000180. The minimum absolute atomic E-state index is 0. The van der Waals surface area contributed by atoms with Gasteiger partial charge in [-0.25, -0.2) is 0 Å². The molecule has 0 N–H and O–H groups in total. The van der Waals surface area contributed by atoms with Gasteiger partial charge < -0.3 is 4.74 Å². The molecule has 0 aliphatic heterocycles. The first-order chi connectivity index (χ1) is 8.83. The Labute approximate surface area is 118 Å². The van der Waals surface area contributed by atoms with E-state index in [1.54, 1.807) is 7.11 Å². The summed E-state index contributed by atoms with van der Waals surface area (Å²) in [5, 5.41) is 3.78. The van der Waals surface area contributed by atoms with Crippen LogP contribution in [0.4, 0.5) is 0 Å². The minimum Gasteiger partial charge on any atom is -0.380 e. The van der Waals surface area contributed by atoms with Crippen molar-refractivity contribution in [2.75, 3.05) is 13.7 Å². The van der Waals surface area contributed by atoms with Crippen LogP contribution < -0.4 is 10.6 Å². The number of methoxy groups -OCH3 is 1. The molecule has 95 valence electrons. The largest absolute Gasteiger partial charge is 0.380 e. The molecule has 0 spiro atoms. The van der Waals surface area contributed by atoms with Crippen molar-refractivity contribution < 1.29 is 4.74 Å². The average Bonchev–Trinajstić information content (AvgIpc) is 2.42. The second-order valence-corrected chi connectivity index (χ2v) is 6.34. The molecule has 0 heterocycles. The summed E-state index contributed by atoms with van der Waals surface area (Å²) in [7, 11) is 1.18. The molecule has 2 aromatic carbocycles. The van der Waals surface area contributed by atoms with Crippen LogP contribution in [0.3, 0.4) is 0 Å². The van der Waals surface area contributed by atoms with Gasteiger partial charge in [0.2, 0.25) is 0 Å². The fourth-order valence-electron chi connectivity index (χ4n) is 1.90. The lowest BCUT2D eigenvalue weighted by Gasteiger charge is -2.20. The average molecular weight is 267 g/mol. The summed E-state index contributed by atoms with van der Waals surface area (Å²) in [6, 6.07) is 21.1. The van der Waals surface area contributed by atoms with Crippen LogP contribution in [0.25, 0.3) is 0 Å². The number of ether oxygens (including phenoxy) is 1. The van der Waals surface area contributed by atoms with E-state index in [9.17, 15) is 0 Å². The van der Waals surface area contributed by atoms with E-state index < -0.39 is 7.92 Å². The van der Waals surface area contributed by atoms with Gasteiger partial charge in [-0.2, -0.15) is 0 Å². The van der Waals surface area contributed by atoms with E-state index >= 15 is 0 Å². The highest BCUT2D eigenvalue weighted by Crippen LogP contribution is 2.41. The van der Waals surface area contributed by atoms with Gasteiger partial charge in [0.1, 0.15) is 0 Å². The molecule has 0 aromatic heterocycles. The molecule has 0 amide bonds. The summed E-state index contributed by atoms with van der Waals surface area (Å²) in [5.74, 6) is 0. The lowest BCUT2D eigenvalue weighted by atomic mass is 10.4. The highest BCUT2D eigenvalue weighted by molar-refractivity contribution is 7.76. The van der Waals surface area contributed by atoms with E-state index in [0.717, 1.165) is 5.31 Å². The van der Waals surface area contributed by atoms with Crippen molar-refractivity contribution in [3.63, 3.8) is 0 Å². The summed E-state index contributed by atoms with van der Waals surface area (Å²) in [4.78, 5) is 0. The molecule has 2 aromatic rings. The third-order valence-electron chi connectivity index (χ3n) is 2.66. The zero-order valence-corrected chi connectivity index (χ0v) is 12.0. The van der Waals surface area contributed by atoms with Gasteiger partial charge in [0.05, 0.1) is 6.61 Å². The summed E-state index contributed by atoms with van der Waals surface area (Å²) in [5.41, 5.74) is 0. The van der Waals surface area contributed by atoms with Crippen LogP contribution in [-0.2, 0) is 4.74 Å². The first-order valence-corrected chi connectivity index (χ1v) is 7.24. The summed E-state index contributed by atoms with van der Waals surface area (Å²) in [6.45, 7) is 4.81. The molecule has 1 nitrogen and oxygen atoms in total. The molecule has 0 fully saturated rings. The van der Waals surface area contributed by atoms with Crippen molar-refractivity contribution in [1.29, 1.82) is 0 Å². The second-order valence-electron chi connectivity index (χ2n) is 4.01. The maximum absolute atomic E-state index is 5.24. The standard InChI is InChI=1S/C16H17OP.B/c1-14(13-17-2)18(15-9-5-3-6-10-15)16-11-7-4-8-12-16;/h3-12H,1,13H2,2H3;. The Kier molecular flexibility index (Phi) is 6.55. The predicted molar refractivity (Wildman–Crippen MR) is 85.8 cm³/mol. The van der Waals surface area contributed by atoms with E-state index in [-0.39, 0.29) is 8.41 Å². The molecular formula is C16H17BOP. The topological polar surface area (TPSA) is 9.23 Å². The second kappa shape index (κ2) is 7.94. The van der Waals surface area contributed by atoms with Crippen LogP contribution >= 0.6 is 7.92 Å². The van der Waals surface area contributed by atoms with Crippen LogP contribution in [0.15, 0.2) is 72.6 Å². The maximum atomic E-state index is 5.24. The molecule has 0 unspecified atom stereocenters. The highest BCUT2D eigenvalue weighted by Gasteiger charge is 2.16. The molecule has 0 aliphatic carbocycles. The molecule has 3 heteroatoms. The van der Waals surface area contributed by atoms with Gasteiger partial charge in [0.25, 0.3) is 0 Å². The fraction of sp³-hybridized carbons (Fsp3) is 0.125. The molecule has 19 heavy (non-hydrogen) atoms. The van der Waals surface area contributed by atoms with Crippen molar-refractivity contribution in [1.82, 2.24) is 0 Å². The Morgan fingerprint density at radius 3 is 1.74 bits per heavy atom. The van der Waals surface area contributed by atoms with E-state index in [1.807, 2.05) is 12.1 Å². The molecule has 3 radical (unpaired) electrons. The van der Waals surface area contributed by atoms with Crippen molar-refractivity contribution in [3.8, 4) is 0 Å². The molecule has 2 rings (SSSR count). The molecule has 0 saturated heterocycles. The Morgan fingerprint density at radius 2 is 1.37 bits per heavy atom. The number of benzene rings is 2. The minimum atomic E-state index is -0.537. The third-order valence-corrected chi connectivity index (χ3v) is 5.05. The first-order valence-electron chi connectivity index (χ1n) is 5.90. The summed E-state index contributed by atoms with van der Waals surface area (Å²) < 4.78 is 5.24. The van der Waals surface area contributed by atoms with Crippen LogP contribution in [0.2, 0.25) is 0 Å². The van der Waals surface area contributed by atoms with Crippen molar-refractivity contribution >= 4 is 26.9 Å². The van der Waals surface area contributed by atoms with Crippen LogP contribution in [0, 0.1) is 0 Å². The predicted octanol–water partition coefficient (Wildman–Crippen LogP) is 2.90. The first kappa shape index (κ1) is 15.7. The van der Waals surface area contributed by atoms with Crippen molar-refractivity contribution in [2.24, 2.45) is 0 Å². The molecule has 0 saturated carbocycles. The van der Waals surface area contributed by atoms with E-state index in [4.69, 9.17) is 4.74 Å². The molecular weight excluding hydrogens is 250 g/mol. The summed E-state index contributed by atoms with van der Waals surface area (Å²) in [6.07, 6.45) is 0. The number of hydrogen-bond acceptors (Lipinski definition) is 1. The molecule has 0 bridgehead atoms. The lowest BCUT2D eigenvalue weighted by molar-refractivity contribution is 0.231. The van der Waals surface area contributed by atoms with Gasteiger partial charge in [-0.3, -0.25) is 0 Å².